The lowest BCUT2D eigenvalue weighted by atomic mass is 9.95. The fraction of sp³-hybridized carbons (Fsp3) is 0.357. The highest BCUT2D eigenvalue weighted by atomic mass is 32.2. The standard InChI is InChI=1S/C28H31N3O5S2/c1-3-31(21-10-6-5-7-11-21)38(33,34)22-15-13-19(14-16-22)27(32)30-28-29-23(18-37-28)25-17-20-9-8-12-24(35-4-2)26(20)36-25/h8-9,12-18,21H,3-7,10-11H2,1-2H3,(H,29,30,32). The molecule has 0 bridgehead atoms. The van der Waals surface area contributed by atoms with Gasteiger partial charge in [0.25, 0.3) is 5.91 Å². The number of amides is 1. The number of furan rings is 1. The van der Waals surface area contributed by atoms with Gasteiger partial charge in [-0.15, -0.1) is 11.3 Å². The van der Waals surface area contributed by atoms with E-state index in [2.05, 4.69) is 10.3 Å². The number of sulfonamides is 1. The number of ether oxygens (including phenoxy) is 1. The number of para-hydroxylation sites is 1. The Morgan fingerprint density at radius 2 is 1.89 bits per heavy atom. The first-order valence-electron chi connectivity index (χ1n) is 12.9. The molecule has 0 aliphatic heterocycles. The minimum absolute atomic E-state index is 0.0401. The van der Waals surface area contributed by atoms with Crippen molar-refractivity contribution >= 4 is 43.4 Å². The summed E-state index contributed by atoms with van der Waals surface area (Å²) in [6.45, 7) is 4.76. The maximum Gasteiger partial charge on any atom is 0.257 e. The third-order valence-corrected chi connectivity index (χ3v) is 9.60. The largest absolute Gasteiger partial charge is 0.490 e. The molecule has 38 heavy (non-hydrogen) atoms. The van der Waals surface area contributed by atoms with Gasteiger partial charge in [-0.2, -0.15) is 4.31 Å². The summed E-state index contributed by atoms with van der Waals surface area (Å²) in [6, 6.07) is 13.7. The summed E-state index contributed by atoms with van der Waals surface area (Å²) in [7, 11) is -3.63. The molecule has 2 heterocycles. The van der Waals surface area contributed by atoms with E-state index in [0.29, 0.717) is 46.6 Å². The second kappa shape index (κ2) is 11.3. The molecule has 1 fully saturated rings. The van der Waals surface area contributed by atoms with Gasteiger partial charge in [0.05, 0.1) is 11.5 Å². The third kappa shape index (κ3) is 5.34. The fourth-order valence-corrected chi connectivity index (χ4v) is 7.34. The smallest absolute Gasteiger partial charge is 0.257 e. The van der Waals surface area contributed by atoms with Crippen LogP contribution in [0.3, 0.4) is 0 Å². The zero-order valence-electron chi connectivity index (χ0n) is 21.5. The summed E-state index contributed by atoms with van der Waals surface area (Å²) in [5.41, 5.74) is 1.61. The number of hydrogen-bond donors (Lipinski definition) is 1. The second-order valence-corrected chi connectivity index (χ2v) is 12.0. The molecule has 1 aliphatic carbocycles. The Hall–Kier alpha value is -3.21. The van der Waals surface area contributed by atoms with E-state index in [0.717, 1.165) is 37.5 Å². The predicted octanol–water partition coefficient (Wildman–Crippen LogP) is 6.55. The first-order valence-corrected chi connectivity index (χ1v) is 15.3. The molecule has 1 N–H and O–H groups in total. The zero-order chi connectivity index (χ0) is 26.7. The summed E-state index contributed by atoms with van der Waals surface area (Å²) < 4.78 is 39.8. The highest BCUT2D eigenvalue weighted by Gasteiger charge is 2.31. The maximum atomic E-state index is 13.3. The van der Waals surface area contributed by atoms with E-state index in [-0.39, 0.29) is 16.8 Å². The topological polar surface area (TPSA) is 102 Å². The number of fused-ring (bicyclic) bond motifs is 1. The van der Waals surface area contributed by atoms with Crippen LogP contribution in [0.4, 0.5) is 5.13 Å². The van der Waals surface area contributed by atoms with Gasteiger partial charge in [0.15, 0.2) is 22.2 Å². The van der Waals surface area contributed by atoms with E-state index in [1.807, 2.05) is 43.5 Å². The maximum absolute atomic E-state index is 13.3. The van der Waals surface area contributed by atoms with Gasteiger partial charge in [-0.25, -0.2) is 13.4 Å². The third-order valence-electron chi connectivity index (χ3n) is 6.80. The van der Waals surface area contributed by atoms with Gasteiger partial charge in [0.2, 0.25) is 10.0 Å². The van der Waals surface area contributed by atoms with Crippen LogP contribution in [0.2, 0.25) is 0 Å². The number of rotatable bonds is 9. The number of aromatic nitrogens is 1. The minimum atomic E-state index is -3.63. The molecular weight excluding hydrogens is 522 g/mol. The van der Waals surface area contributed by atoms with Crippen molar-refractivity contribution in [2.45, 2.75) is 56.9 Å². The molecule has 1 saturated carbocycles. The van der Waals surface area contributed by atoms with Crippen LogP contribution in [-0.4, -0.2) is 42.8 Å². The molecule has 1 amide bonds. The number of nitrogens with zero attached hydrogens (tertiary/aromatic N) is 2. The summed E-state index contributed by atoms with van der Waals surface area (Å²) in [5.74, 6) is 0.890. The Balaban J connectivity index is 1.29. The highest BCUT2D eigenvalue weighted by Crippen LogP contribution is 2.35. The molecule has 0 saturated heterocycles. The van der Waals surface area contributed by atoms with Crippen molar-refractivity contribution in [1.82, 2.24) is 9.29 Å². The molecule has 4 aromatic rings. The van der Waals surface area contributed by atoms with Crippen molar-refractivity contribution in [2.24, 2.45) is 0 Å². The van der Waals surface area contributed by atoms with Gasteiger partial charge >= 0.3 is 0 Å². The van der Waals surface area contributed by atoms with E-state index < -0.39 is 10.0 Å². The Morgan fingerprint density at radius 1 is 1.13 bits per heavy atom. The van der Waals surface area contributed by atoms with Crippen LogP contribution in [0.5, 0.6) is 5.75 Å². The van der Waals surface area contributed by atoms with E-state index >= 15 is 0 Å². The SMILES string of the molecule is CCOc1cccc2cc(-c3csc(NC(=O)c4ccc(S(=O)(=O)N(CC)C5CCCCC5)cc4)n3)oc12. The van der Waals surface area contributed by atoms with Crippen molar-refractivity contribution in [1.29, 1.82) is 0 Å². The Bertz CT molecular complexity index is 1520. The van der Waals surface area contributed by atoms with Crippen LogP contribution in [-0.2, 0) is 10.0 Å². The molecule has 200 valence electrons. The average Bonchev–Trinajstić information content (AvgIpc) is 3.57. The summed E-state index contributed by atoms with van der Waals surface area (Å²) in [5, 5.41) is 5.94. The van der Waals surface area contributed by atoms with Crippen LogP contribution in [0.15, 0.2) is 63.2 Å². The van der Waals surface area contributed by atoms with Crippen molar-refractivity contribution in [2.75, 3.05) is 18.5 Å². The molecule has 0 radical (unpaired) electrons. The zero-order valence-corrected chi connectivity index (χ0v) is 23.1. The molecule has 2 aromatic carbocycles. The van der Waals surface area contributed by atoms with Crippen LogP contribution >= 0.6 is 11.3 Å². The number of carbonyl (C=O) groups is 1. The quantitative estimate of drug-likeness (QED) is 0.252. The van der Waals surface area contributed by atoms with Crippen molar-refractivity contribution in [3.05, 3.63) is 59.5 Å². The van der Waals surface area contributed by atoms with Crippen molar-refractivity contribution < 1.29 is 22.4 Å². The number of benzene rings is 2. The molecule has 10 heteroatoms. The minimum Gasteiger partial charge on any atom is -0.490 e. The highest BCUT2D eigenvalue weighted by molar-refractivity contribution is 7.89. The van der Waals surface area contributed by atoms with Gasteiger partial charge < -0.3 is 9.15 Å². The lowest BCUT2D eigenvalue weighted by molar-refractivity contribution is 0.102. The van der Waals surface area contributed by atoms with Gasteiger partial charge in [0.1, 0.15) is 5.69 Å². The summed E-state index contributed by atoms with van der Waals surface area (Å²) in [4.78, 5) is 17.6. The molecular formula is C28H31N3O5S2. The molecule has 2 aromatic heterocycles. The summed E-state index contributed by atoms with van der Waals surface area (Å²) in [6.07, 6.45) is 5.06. The number of carbonyl (C=O) groups excluding carboxylic acids is 1. The second-order valence-electron chi connectivity index (χ2n) is 9.23. The first kappa shape index (κ1) is 26.4. The normalized spacial score (nSPS) is 14.7. The van der Waals surface area contributed by atoms with E-state index in [1.165, 1.54) is 23.5 Å². The lowest BCUT2D eigenvalue weighted by Gasteiger charge is -2.32. The number of nitrogens with one attached hydrogen (secondary N) is 1. The Morgan fingerprint density at radius 3 is 2.61 bits per heavy atom. The van der Waals surface area contributed by atoms with E-state index in [4.69, 9.17) is 9.15 Å². The first-order chi connectivity index (χ1) is 18.4. The molecule has 0 unspecified atom stereocenters. The average molecular weight is 554 g/mol. The fourth-order valence-electron chi connectivity index (χ4n) is 4.95. The molecule has 1 aliphatic rings. The van der Waals surface area contributed by atoms with Crippen LogP contribution in [0, 0.1) is 0 Å². The summed E-state index contributed by atoms with van der Waals surface area (Å²) >= 11 is 1.28. The molecule has 8 nitrogen and oxygen atoms in total. The molecule has 0 atom stereocenters. The van der Waals surface area contributed by atoms with Crippen molar-refractivity contribution in [3.63, 3.8) is 0 Å². The van der Waals surface area contributed by atoms with E-state index in [9.17, 15) is 13.2 Å². The number of thiazole rings is 1. The predicted molar refractivity (Wildman–Crippen MR) is 149 cm³/mol. The van der Waals surface area contributed by atoms with Gasteiger partial charge in [-0.3, -0.25) is 10.1 Å². The van der Waals surface area contributed by atoms with Crippen LogP contribution in [0.1, 0.15) is 56.3 Å². The van der Waals surface area contributed by atoms with Gasteiger partial charge in [-0.05, 0) is 56.2 Å². The Labute approximate surface area is 226 Å². The van der Waals surface area contributed by atoms with Crippen LogP contribution < -0.4 is 10.1 Å². The van der Waals surface area contributed by atoms with Crippen molar-refractivity contribution in [3.8, 4) is 17.2 Å². The van der Waals surface area contributed by atoms with Gasteiger partial charge in [0, 0.05) is 28.9 Å². The molecule has 0 spiro atoms. The number of hydrogen-bond acceptors (Lipinski definition) is 7. The van der Waals surface area contributed by atoms with Crippen LogP contribution in [0.25, 0.3) is 22.4 Å². The lowest BCUT2D eigenvalue weighted by Crippen LogP contribution is -2.41. The number of anilines is 1. The Kier molecular flexibility index (Phi) is 7.83. The van der Waals surface area contributed by atoms with Gasteiger partial charge in [-0.1, -0.05) is 38.3 Å². The molecule has 5 rings (SSSR count). The monoisotopic (exact) mass is 553 g/mol. The van der Waals surface area contributed by atoms with E-state index in [1.54, 1.807) is 16.4 Å².